The Kier molecular flexibility index (Phi) is 6.07. The molecule has 0 atom stereocenters. The van der Waals surface area contributed by atoms with Gasteiger partial charge in [0.05, 0.1) is 17.1 Å². The molecule has 0 fully saturated rings. The van der Waals surface area contributed by atoms with Crippen molar-refractivity contribution in [2.24, 2.45) is 4.99 Å². The minimum absolute atomic E-state index is 0. The van der Waals surface area contributed by atoms with Crippen molar-refractivity contribution in [1.29, 1.82) is 0 Å². The van der Waals surface area contributed by atoms with Crippen LogP contribution in [0.3, 0.4) is 0 Å². The number of ketones is 1. The van der Waals surface area contributed by atoms with Gasteiger partial charge in [-0.25, -0.2) is 4.99 Å². The maximum atomic E-state index is 11.3. The van der Waals surface area contributed by atoms with Crippen molar-refractivity contribution in [2.45, 2.75) is 6.92 Å². The van der Waals surface area contributed by atoms with E-state index in [-0.39, 0.29) is 24.1 Å². The molecule has 1 aliphatic rings. The molecule has 0 spiro atoms. The molecule has 116 valence electrons. The van der Waals surface area contributed by atoms with Crippen LogP contribution in [-0.2, 0) is 9.59 Å². The molecule has 0 aliphatic heterocycles. The first kappa shape index (κ1) is 17.7. The van der Waals surface area contributed by atoms with Crippen LogP contribution in [0, 0.1) is 0 Å². The van der Waals surface area contributed by atoms with Gasteiger partial charge in [0.15, 0.2) is 5.78 Å². The summed E-state index contributed by atoms with van der Waals surface area (Å²) in [6.07, 6.45) is 6.23. The van der Waals surface area contributed by atoms with Crippen molar-refractivity contribution in [2.75, 3.05) is 24.3 Å². The predicted octanol–water partition coefficient (Wildman–Crippen LogP) is 2.90. The van der Waals surface area contributed by atoms with E-state index in [0.29, 0.717) is 17.1 Å². The number of hydrogen-bond acceptors (Lipinski definition) is 4. The second kappa shape index (κ2) is 7.56. The molecule has 1 aromatic rings. The minimum atomic E-state index is -0.155. The second-order valence-corrected chi connectivity index (χ2v) is 4.88. The first-order valence-corrected chi connectivity index (χ1v) is 6.53. The third-order valence-electron chi connectivity index (χ3n) is 2.89. The summed E-state index contributed by atoms with van der Waals surface area (Å²) in [5.41, 5.74) is 2.92. The maximum Gasteiger partial charge on any atom is 0.221 e. The first-order valence-electron chi connectivity index (χ1n) is 6.53. The Balaban J connectivity index is 0.00000242. The van der Waals surface area contributed by atoms with Gasteiger partial charge in [0, 0.05) is 26.7 Å². The van der Waals surface area contributed by atoms with E-state index in [0.717, 1.165) is 5.69 Å². The summed E-state index contributed by atoms with van der Waals surface area (Å²) < 4.78 is 0. The largest absolute Gasteiger partial charge is 0.378 e. The molecule has 0 radical (unpaired) electrons. The number of anilines is 2. The molecule has 2 rings (SSSR count). The highest BCUT2D eigenvalue weighted by molar-refractivity contribution is 6.17. The fraction of sp³-hybridized carbons (Fsp3) is 0.188. The molecule has 1 aromatic carbocycles. The van der Waals surface area contributed by atoms with Crippen LogP contribution < -0.4 is 10.2 Å². The van der Waals surface area contributed by atoms with E-state index in [9.17, 15) is 9.59 Å². The number of benzene rings is 1. The normalized spacial score (nSPS) is 12.7. The smallest absolute Gasteiger partial charge is 0.221 e. The topological polar surface area (TPSA) is 61.8 Å². The summed E-state index contributed by atoms with van der Waals surface area (Å²) in [5.74, 6) is -0.212. The van der Waals surface area contributed by atoms with Crippen molar-refractivity contribution in [1.82, 2.24) is 0 Å². The quantitative estimate of drug-likeness (QED) is 0.871. The summed E-state index contributed by atoms with van der Waals surface area (Å²) in [6, 6.07) is 5.63. The Morgan fingerprint density at radius 3 is 2.32 bits per heavy atom. The van der Waals surface area contributed by atoms with Crippen LogP contribution in [0.15, 0.2) is 47.5 Å². The van der Waals surface area contributed by atoms with Gasteiger partial charge in [-0.1, -0.05) is 0 Å². The number of hydrogen-bond donors (Lipinski definition) is 1. The Bertz CT molecular complexity index is 658. The molecule has 0 unspecified atom stereocenters. The number of carbonyl (C=O) groups excluding carboxylic acids is 2. The number of carbonyl (C=O) groups is 2. The van der Waals surface area contributed by atoms with Gasteiger partial charge in [-0.3, -0.25) is 9.59 Å². The summed E-state index contributed by atoms with van der Waals surface area (Å²) in [7, 11) is 3.85. The van der Waals surface area contributed by atoms with Crippen LogP contribution in [-0.4, -0.2) is 31.5 Å². The molecule has 1 N–H and O–H groups in total. The second-order valence-electron chi connectivity index (χ2n) is 4.88. The number of rotatable bonds is 3. The van der Waals surface area contributed by atoms with Crippen molar-refractivity contribution >= 4 is 46.9 Å². The Morgan fingerprint density at radius 2 is 1.77 bits per heavy atom. The monoisotopic (exact) mass is 319 g/mol. The molecule has 0 bridgehead atoms. The molecular weight excluding hydrogens is 302 g/mol. The molecule has 0 saturated carbocycles. The Labute approximate surface area is 135 Å². The van der Waals surface area contributed by atoms with Gasteiger partial charge in [0.2, 0.25) is 5.91 Å². The molecular formula is C16H18ClN3O2. The van der Waals surface area contributed by atoms with Crippen LogP contribution >= 0.6 is 12.4 Å². The number of aliphatic imine (C=N–C) groups is 1. The zero-order chi connectivity index (χ0) is 15.4. The van der Waals surface area contributed by atoms with Crippen molar-refractivity contribution in [3.05, 3.63) is 42.5 Å². The van der Waals surface area contributed by atoms with Gasteiger partial charge in [-0.15, -0.1) is 12.4 Å². The van der Waals surface area contributed by atoms with Crippen molar-refractivity contribution in [3.8, 4) is 0 Å². The molecule has 1 aliphatic carbocycles. The zero-order valence-electron chi connectivity index (χ0n) is 12.7. The van der Waals surface area contributed by atoms with E-state index >= 15 is 0 Å². The van der Waals surface area contributed by atoms with Crippen LogP contribution in [0.4, 0.5) is 17.1 Å². The summed E-state index contributed by atoms with van der Waals surface area (Å²) in [4.78, 5) is 28.8. The summed E-state index contributed by atoms with van der Waals surface area (Å²) >= 11 is 0. The molecule has 5 nitrogen and oxygen atoms in total. The fourth-order valence-corrected chi connectivity index (χ4v) is 1.85. The van der Waals surface area contributed by atoms with Crippen LogP contribution in [0.5, 0.6) is 0 Å². The third kappa shape index (κ3) is 4.56. The molecule has 0 heterocycles. The zero-order valence-corrected chi connectivity index (χ0v) is 13.5. The van der Waals surface area contributed by atoms with E-state index in [1.807, 2.05) is 37.2 Å². The fourth-order valence-electron chi connectivity index (χ4n) is 1.85. The highest BCUT2D eigenvalue weighted by atomic mass is 35.5. The average molecular weight is 320 g/mol. The number of nitrogens with zero attached hydrogens (tertiary/aromatic N) is 2. The lowest BCUT2D eigenvalue weighted by Gasteiger charge is -2.15. The number of halogens is 1. The third-order valence-corrected chi connectivity index (χ3v) is 2.89. The van der Waals surface area contributed by atoms with E-state index in [1.54, 1.807) is 12.2 Å². The lowest BCUT2D eigenvalue weighted by Crippen LogP contribution is -2.11. The standard InChI is InChI=1S/C16H17N3O2.ClH/c1-11(20)17-16-10-13(19(2)3)6-9-15(16)18-12-4-7-14(21)8-5-12;/h4-10H,1-3H3,(H,17,20);1H. The van der Waals surface area contributed by atoms with E-state index < -0.39 is 0 Å². The number of nitrogens with one attached hydrogen (secondary N) is 1. The molecule has 0 aromatic heterocycles. The SMILES string of the molecule is CC(=O)Nc1cc(N(C)C)ccc1N=C1C=CC(=O)C=C1.Cl. The average Bonchev–Trinajstić information content (AvgIpc) is 2.42. The Morgan fingerprint density at radius 1 is 1.14 bits per heavy atom. The lowest BCUT2D eigenvalue weighted by molar-refractivity contribution is -0.114. The molecule has 6 heteroatoms. The summed E-state index contributed by atoms with van der Waals surface area (Å²) in [5, 5.41) is 2.78. The maximum absolute atomic E-state index is 11.3. The van der Waals surface area contributed by atoms with Crippen molar-refractivity contribution < 1.29 is 9.59 Å². The van der Waals surface area contributed by atoms with E-state index in [4.69, 9.17) is 0 Å². The molecule has 22 heavy (non-hydrogen) atoms. The van der Waals surface area contributed by atoms with Gasteiger partial charge in [0.1, 0.15) is 0 Å². The lowest BCUT2D eigenvalue weighted by atomic mass is 10.1. The van der Waals surface area contributed by atoms with Crippen LogP contribution in [0.2, 0.25) is 0 Å². The minimum Gasteiger partial charge on any atom is -0.378 e. The number of amides is 1. The van der Waals surface area contributed by atoms with Crippen molar-refractivity contribution in [3.63, 3.8) is 0 Å². The van der Waals surface area contributed by atoms with Gasteiger partial charge in [0.25, 0.3) is 0 Å². The van der Waals surface area contributed by atoms with Crippen LogP contribution in [0.1, 0.15) is 6.92 Å². The summed E-state index contributed by atoms with van der Waals surface area (Å²) in [6.45, 7) is 1.46. The Hall–Kier alpha value is -2.40. The first-order chi connectivity index (χ1) is 9.95. The van der Waals surface area contributed by atoms with Gasteiger partial charge in [-0.2, -0.15) is 0 Å². The van der Waals surface area contributed by atoms with E-state index in [1.165, 1.54) is 19.1 Å². The number of allylic oxidation sites excluding steroid dienone is 4. The highest BCUT2D eigenvalue weighted by Crippen LogP contribution is 2.30. The van der Waals surface area contributed by atoms with Gasteiger partial charge in [-0.05, 0) is 42.5 Å². The highest BCUT2D eigenvalue weighted by Gasteiger charge is 2.08. The van der Waals surface area contributed by atoms with E-state index in [2.05, 4.69) is 10.3 Å². The molecule has 0 saturated heterocycles. The van der Waals surface area contributed by atoms with Gasteiger partial charge >= 0.3 is 0 Å². The molecule has 1 amide bonds. The van der Waals surface area contributed by atoms with Crippen LogP contribution in [0.25, 0.3) is 0 Å². The predicted molar refractivity (Wildman–Crippen MR) is 92.7 cm³/mol. The van der Waals surface area contributed by atoms with Gasteiger partial charge < -0.3 is 10.2 Å².